The van der Waals surface area contributed by atoms with Crippen LogP contribution in [0.2, 0.25) is 0 Å². The third-order valence-electron chi connectivity index (χ3n) is 5.18. The van der Waals surface area contributed by atoms with Gasteiger partial charge in [0, 0.05) is 40.2 Å². The van der Waals surface area contributed by atoms with Gasteiger partial charge in [-0.05, 0) is 49.6 Å². The van der Waals surface area contributed by atoms with Crippen molar-refractivity contribution in [3.8, 4) is 5.75 Å². The van der Waals surface area contributed by atoms with Crippen LogP contribution in [0.4, 0.5) is 0 Å². The second-order valence-electron chi connectivity index (χ2n) is 7.18. The average molecular weight is 350 g/mol. The summed E-state index contributed by atoms with van der Waals surface area (Å²) >= 11 is 0. The van der Waals surface area contributed by atoms with Crippen molar-refractivity contribution in [1.29, 1.82) is 0 Å². The van der Waals surface area contributed by atoms with Crippen molar-refractivity contribution >= 4 is 16.9 Å². The highest BCUT2D eigenvalue weighted by Crippen LogP contribution is 2.50. The molecular weight excluding hydrogens is 328 g/mol. The van der Waals surface area contributed by atoms with Gasteiger partial charge in [-0.15, -0.1) is 0 Å². The Balaban J connectivity index is 1.80. The van der Waals surface area contributed by atoms with Gasteiger partial charge < -0.3 is 14.8 Å². The Kier molecular flexibility index (Phi) is 3.94. The number of ether oxygens (including phenoxy) is 1. The molecule has 0 unspecified atom stereocenters. The maximum absolute atomic E-state index is 11.2. The molecule has 26 heavy (non-hydrogen) atoms. The molecule has 2 aromatic heterocycles. The Bertz CT molecular complexity index is 986. The molecule has 2 N–H and O–H groups in total. The number of carbonyl (C=O) groups is 1. The fourth-order valence-electron chi connectivity index (χ4n) is 3.51. The molecule has 1 aromatic carbocycles. The third-order valence-corrected chi connectivity index (χ3v) is 5.18. The minimum Gasteiger partial charge on any atom is -0.494 e. The Labute approximate surface area is 152 Å². The molecule has 134 valence electrons. The van der Waals surface area contributed by atoms with Gasteiger partial charge in [0.05, 0.1) is 6.61 Å². The van der Waals surface area contributed by atoms with Crippen LogP contribution in [0.15, 0.2) is 36.4 Å². The van der Waals surface area contributed by atoms with E-state index in [2.05, 4.69) is 23.0 Å². The lowest BCUT2D eigenvalue weighted by Gasteiger charge is -2.11. The number of aromatic amines is 1. The standard InChI is InChI=1S/C21H22N2O3/c1-3-26-14-7-8-15-16(11-13-5-4-6-17(22-13)20(24)25)19(21(2)9-10-21)23-18(15)12-14/h4-8,12,23H,3,9-11H2,1-2H3,(H,24,25). The molecule has 0 radical (unpaired) electrons. The first-order valence-corrected chi connectivity index (χ1v) is 8.97. The highest BCUT2D eigenvalue weighted by Gasteiger charge is 2.42. The van der Waals surface area contributed by atoms with Crippen molar-refractivity contribution in [3.05, 3.63) is 59.0 Å². The van der Waals surface area contributed by atoms with E-state index < -0.39 is 5.97 Å². The number of hydrogen-bond donors (Lipinski definition) is 2. The summed E-state index contributed by atoms with van der Waals surface area (Å²) in [6.45, 7) is 4.88. The predicted molar refractivity (Wildman–Crippen MR) is 100 cm³/mol. The summed E-state index contributed by atoms with van der Waals surface area (Å²) < 4.78 is 5.63. The first-order valence-electron chi connectivity index (χ1n) is 8.97. The van der Waals surface area contributed by atoms with Crippen LogP contribution in [0.5, 0.6) is 5.75 Å². The van der Waals surface area contributed by atoms with Gasteiger partial charge in [-0.1, -0.05) is 13.0 Å². The van der Waals surface area contributed by atoms with Crippen molar-refractivity contribution in [1.82, 2.24) is 9.97 Å². The number of nitrogens with one attached hydrogen (secondary N) is 1. The molecule has 5 nitrogen and oxygen atoms in total. The normalized spacial score (nSPS) is 15.2. The number of carboxylic acid groups (broad SMARTS) is 1. The summed E-state index contributed by atoms with van der Waals surface area (Å²) in [6.07, 6.45) is 2.93. The van der Waals surface area contributed by atoms with E-state index in [1.54, 1.807) is 6.07 Å². The van der Waals surface area contributed by atoms with E-state index in [0.29, 0.717) is 13.0 Å². The van der Waals surface area contributed by atoms with Crippen molar-refractivity contribution in [2.75, 3.05) is 6.61 Å². The van der Waals surface area contributed by atoms with E-state index in [1.807, 2.05) is 25.1 Å². The van der Waals surface area contributed by atoms with Crippen LogP contribution in [0.3, 0.4) is 0 Å². The zero-order valence-electron chi connectivity index (χ0n) is 15.0. The minimum atomic E-state index is -0.999. The van der Waals surface area contributed by atoms with E-state index >= 15 is 0 Å². The highest BCUT2D eigenvalue weighted by molar-refractivity contribution is 5.87. The summed E-state index contributed by atoms with van der Waals surface area (Å²) in [5.41, 5.74) is 4.53. The molecule has 3 aromatic rings. The van der Waals surface area contributed by atoms with Crippen LogP contribution in [-0.4, -0.2) is 27.7 Å². The van der Waals surface area contributed by atoms with Crippen molar-refractivity contribution < 1.29 is 14.6 Å². The number of hydrogen-bond acceptors (Lipinski definition) is 3. The molecule has 0 bridgehead atoms. The number of nitrogens with zero attached hydrogens (tertiary/aromatic N) is 1. The number of benzene rings is 1. The summed E-state index contributed by atoms with van der Waals surface area (Å²) in [7, 11) is 0. The molecule has 1 aliphatic carbocycles. The molecule has 1 fully saturated rings. The van der Waals surface area contributed by atoms with Crippen LogP contribution in [0.25, 0.3) is 10.9 Å². The fourth-order valence-corrected chi connectivity index (χ4v) is 3.51. The van der Waals surface area contributed by atoms with E-state index in [-0.39, 0.29) is 11.1 Å². The molecule has 0 saturated heterocycles. The van der Waals surface area contributed by atoms with Gasteiger partial charge in [0.15, 0.2) is 0 Å². The number of aromatic carboxylic acids is 1. The number of fused-ring (bicyclic) bond motifs is 1. The van der Waals surface area contributed by atoms with E-state index in [4.69, 9.17) is 4.74 Å². The minimum absolute atomic E-state index is 0.0835. The first-order chi connectivity index (χ1) is 12.5. The number of pyridine rings is 1. The number of rotatable bonds is 6. The Morgan fingerprint density at radius 1 is 1.31 bits per heavy atom. The molecule has 0 spiro atoms. The third kappa shape index (κ3) is 2.94. The number of H-pyrrole nitrogens is 1. The van der Waals surface area contributed by atoms with Gasteiger partial charge in [0.2, 0.25) is 0 Å². The summed E-state index contributed by atoms with van der Waals surface area (Å²) in [5, 5.41) is 10.4. The van der Waals surface area contributed by atoms with Crippen molar-refractivity contribution in [2.24, 2.45) is 0 Å². The quantitative estimate of drug-likeness (QED) is 0.695. The Morgan fingerprint density at radius 3 is 2.81 bits per heavy atom. The monoisotopic (exact) mass is 350 g/mol. The van der Waals surface area contributed by atoms with Crippen LogP contribution >= 0.6 is 0 Å². The largest absolute Gasteiger partial charge is 0.494 e. The maximum atomic E-state index is 11.2. The topological polar surface area (TPSA) is 75.2 Å². The van der Waals surface area contributed by atoms with E-state index in [0.717, 1.165) is 35.2 Å². The SMILES string of the molecule is CCOc1ccc2c(Cc3cccc(C(=O)O)n3)c(C3(C)CC3)[nH]c2c1. The lowest BCUT2D eigenvalue weighted by Crippen LogP contribution is -2.07. The van der Waals surface area contributed by atoms with Gasteiger partial charge in [-0.25, -0.2) is 9.78 Å². The zero-order chi connectivity index (χ0) is 18.3. The van der Waals surface area contributed by atoms with Gasteiger partial charge in [-0.3, -0.25) is 0 Å². The molecule has 0 amide bonds. The number of aromatic nitrogens is 2. The summed E-state index contributed by atoms with van der Waals surface area (Å²) in [4.78, 5) is 19.1. The van der Waals surface area contributed by atoms with Crippen molar-refractivity contribution in [2.45, 2.75) is 38.5 Å². The van der Waals surface area contributed by atoms with Crippen LogP contribution in [-0.2, 0) is 11.8 Å². The summed E-state index contributed by atoms with van der Waals surface area (Å²) in [6, 6.07) is 11.3. The lowest BCUT2D eigenvalue weighted by atomic mass is 9.96. The van der Waals surface area contributed by atoms with Crippen LogP contribution in [0, 0.1) is 0 Å². The molecule has 5 heteroatoms. The summed E-state index contributed by atoms with van der Waals surface area (Å²) in [5.74, 6) is -0.146. The molecule has 2 heterocycles. The van der Waals surface area contributed by atoms with Gasteiger partial charge in [0.1, 0.15) is 11.4 Å². The highest BCUT2D eigenvalue weighted by atomic mass is 16.5. The predicted octanol–water partition coefficient (Wildman–Crippen LogP) is 4.30. The van der Waals surface area contributed by atoms with E-state index in [1.165, 1.54) is 17.3 Å². The molecule has 1 saturated carbocycles. The van der Waals surface area contributed by atoms with Gasteiger partial charge in [0.25, 0.3) is 0 Å². The maximum Gasteiger partial charge on any atom is 0.354 e. The van der Waals surface area contributed by atoms with Gasteiger partial charge in [-0.2, -0.15) is 0 Å². The van der Waals surface area contributed by atoms with E-state index in [9.17, 15) is 9.90 Å². The smallest absolute Gasteiger partial charge is 0.354 e. The molecule has 0 aliphatic heterocycles. The Hall–Kier alpha value is -2.82. The molecular formula is C21H22N2O3. The second kappa shape index (κ2) is 6.16. The van der Waals surface area contributed by atoms with Crippen LogP contribution in [0.1, 0.15) is 54.1 Å². The van der Waals surface area contributed by atoms with Crippen LogP contribution < -0.4 is 4.74 Å². The molecule has 4 rings (SSSR count). The molecule has 1 aliphatic rings. The molecule has 0 atom stereocenters. The fraction of sp³-hybridized carbons (Fsp3) is 0.333. The Morgan fingerprint density at radius 2 is 2.12 bits per heavy atom. The van der Waals surface area contributed by atoms with Crippen molar-refractivity contribution in [3.63, 3.8) is 0 Å². The first kappa shape index (κ1) is 16.6. The second-order valence-corrected chi connectivity index (χ2v) is 7.18. The van der Waals surface area contributed by atoms with Gasteiger partial charge >= 0.3 is 5.97 Å². The average Bonchev–Trinajstić information content (AvgIpc) is 3.27. The number of carboxylic acids is 1. The zero-order valence-corrected chi connectivity index (χ0v) is 15.0. The lowest BCUT2D eigenvalue weighted by molar-refractivity contribution is 0.0690.